The molecule has 1 aliphatic heterocycles. The van der Waals surface area contributed by atoms with Crippen molar-refractivity contribution >= 4 is 41.2 Å². The van der Waals surface area contributed by atoms with Crippen LogP contribution in [0.2, 0.25) is 10.0 Å². The fourth-order valence-corrected chi connectivity index (χ4v) is 4.46. The van der Waals surface area contributed by atoms with Crippen molar-refractivity contribution in [1.29, 1.82) is 0 Å². The van der Waals surface area contributed by atoms with Crippen LogP contribution < -0.4 is 4.74 Å². The van der Waals surface area contributed by atoms with E-state index < -0.39 is 24.2 Å². The lowest BCUT2D eigenvalue weighted by molar-refractivity contribution is -0.221. The molecule has 1 unspecified atom stereocenters. The number of hydroxylamine groups is 2. The molecule has 34 heavy (non-hydrogen) atoms. The normalized spacial score (nSPS) is 20.3. The fourth-order valence-electron chi connectivity index (χ4n) is 3.96. The van der Waals surface area contributed by atoms with Gasteiger partial charge in [-0.15, -0.1) is 5.06 Å². The minimum atomic E-state index is -1.11. The second-order valence-corrected chi connectivity index (χ2v) is 9.32. The zero-order valence-electron chi connectivity index (χ0n) is 19.2. The summed E-state index contributed by atoms with van der Waals surface area (Å²) in [6, 6.07) is 4.24. The smallest absolute Gasteiger partial charge is 0.357 e. The molecule has 2 aliphatic rings. The van der Waals surface area contributed by atoms with Crippen LogP contribution in [0.4, 0.5) is 4.79 Å². The summed E-state index contributed by atoms with van der Waals surface area (Å²) < 4.78 is 11.2. The zero-order valence-corrected chi connectivity index (χ0v) is 20.8. The average Bonchev–Trinajstić information content (AvgIpc) is 2.77. The second-order valence-electron chi connectivity index (χ2n) is 8.44. The molecule has 2 amide bonds. The maximum Gasteiger partial charge on any atom is 0.357 e. The number of rotatable bonds is 7. The number of benzene rings is 1. The summed E-state index contributed by atoms with van der Waals surface area (Å²) in [7, 11) is 3.52. The Morgan fingerprint density at radius 1 is 1.06 bits per heavy atom. The number of amides is 2. The summed E-state index contributed by atoms with van der Waals surface area (Å²) in [5.41, 5.74) is 0. The highest BCUT2D eigenvalue weighted by atomic mass is 35.5. The van der Waals surface area contributed by atoms with E-state index in [2.05, 4.69) is 0 Å². The van der Waals surface area contributed by atoms with E-state index in [1.165, 1.54) is 0 Å². The first-order chi connectivity index (χ1) is 16.2. The first kappa shape index (κ1) is 26.1. The monoisotopic (exact) mass is 513 g/mol. The standard InChI is InChI=1S/C23H29Cl2N3O6/c1-26(2)15-20-28(34-22(30)9-8-21(29)33-20)23(31)27(18-6-4-3-5-7-18)10-11-32-19-13-16(24)12-17(25)14-19/h8-9,12-14,18,20H,3-7,10-11,15H2,1-2H3/b9-8-. The second kappa shape index (κ2) is 12.3. The number of cyclic esters (lactones) is 1. The van der Waals surface area contributed by atoms with Gasteiger partial charge in [0.2, 0.25) is 6.23 Å². The predicted octanol–water partition coefficient (Wildman–Crippen LogP) is 3.89. The van der Waals surface area contributed by atoms with Gasteiger partial charge in [0.1, 0.15) is 12.4 Å². The third kappa shape index (κ3) is 7.51. The van der Waals surface area contributed by atoms with E-state index in [-0.39, 0.29) is 25.7 Å². The number of hydrogen-bond acceptors (Lipinski definition) is 7. The van der Waals surface area contributed by atoms with Crippen LogP contribution in [0.25, 0.3) is 0 Å². The van der Waals surface area contributed by atoms with Crippen molar-refractivity contribution in [2.75, 3.05) is 33.8 Å². The highest BCUT2D eigenvalue weighted by Gasteiger charge is 2.38. The Balaban J connectivity index is 1.80. The number of urea groups is 1. The third-order valence-electron chi connectivity index (χ3n) is 5.47. The molecule has 3 rings (SSSR count). The SMILES string of the molecule is CN(C)CC1OC(=O)/C=C\C(=O)ON1C(=O)N(CCOc1cc(Cl)cc(Cl)c1)C1CCCCC1. The molecule has 11 heteroatoms. The lowest BCUT2D eigenvalue weighted by atomic mass is 9.94. The van der Waals surface area contributed by atoms with Crippen molar-refractivity contribution in [3.05, 3.63) is 40.4 Å². The fraction of sp³-hybridized carbons (Fsp3) is 0.522. The summed E-state index contributed by atoms with van der Waals surface area (Å²) >= 11 is 12.1. The van der Waals surface area contributed by atoms with E-state index in [1.807, 2.05) is 0 Å². The predicted molar refractivity (Wildman–Crippen MR) is 126 cm³/mol. The van der Waals surface area contributed by atoms with Crippen molar-refractivity contribution in [2.45, 2.75) is 44.4 Å². The van der Waals surface area contributed by atoms with Gasteiger partial charge in [-0.05, 0) is 45.1 Å². The molecule has 1 heterocycles. The van der Waals surface area contributed by atoms with Gasteiger partial charge in [-0.25, -0.2) is 14.4 Å². The minimum absolute atomic E-state index is 0.0665. The number of carbonyl (C=O) groups is 3. The molecular formula is C23H29Cl2N3O6. The molecule has 1 aromatic carbocycles. The largest absolute Gasteiger partial charge is 0.492 e. The minimum Gasteiger partial charge on any atom is -0.492 e. The van der Waals surface area contributed by atoms with Crippen molar-refractivity contribution in [3.8, 4) is 5.75 Å². The number of hydrogen-bond donors (Lipinski definition) is 0. The maximum absolute atomic E-state index is 13.7. The Morgan fingerprint density at radius 2 is 1.71 bits per heavy atom. The molecule has 0 radical (unpaired) electrons. The molecule has 0 aromatic heterocycles. The summed E-state index contributed by atoms with van der Waals surface area (Å²) in [6.07, 6.45) is 5.50. The van der Waals surface area contributed by atoms with E-state index >= 15 is 0 Å². The molecule has 0 N–H and O–H groups in total. The van der Waals surface area contributed by atoms with Gasteiger partial charge >= 0.3 is 18.0 Å². The highest BCUT2D eigenvalue weighted by molar-refractivity contribution is 6.34. The number of ether oxygens (including phenoxy) is 2. The summed E-state index contributed by atoms with van der Waals surface area (Å²) in [5, 5.41) is 1.74. The molecule has 0 spiro atoms. The van der Waals surface area contributed by atoms with Crippen molar-refractivity contribution in [1.82, 2.24) is 14.9 Å². The molecule has 1 aliphatic carbocycles. The van der Waals surface area contributed by atoms with E-state index in [9.17, 15) is 14.4 Å². The number of esters is 1. The average molecular weight is 514 g/mol. The summed E-state index contributed by atoms with van der Waals surface area (Å²) in [5.74, 6) is -1.08. The van der Waals surface area contributed by atoms with Gasteiger partial charge in [0.25, 0.3) is 0 Å². The molecule has 9 nitrogen and oxygen atoms in total. The third-order valence-corrected chi connectivity index (χ3v) is 5.90. The van der Waals surface area contributed by atoms with Gasteiger partial charge < -0.3 is 24.1 Å². The molecule has 1 aromatic rings. The Labute approximate surface area is 209 Å². The first-order valence-electron chi connectivity index (χ1n) is 11.2. The summed E-state index contributed by atoms with van der Waals surface area (Å²) in [6.45, 7) is 0.535. The number of nitrogens with zero attached hydrogens (tertiary/aromatic N) is 3. The molecular weight excluding hydrogens is 485 g/mol. The topological polar surface area (TPSA) is 88.6 Å². The molecule has 1 saturated carbocycles. The molecule has 1 atom stereocenters. The van der Waals surface area contributed by atoms with Gasteiger partial charge in [-0.2, -0.15) is 0 Å². The van der Waals surface area contributed by atoms with Crippen molar-refractivity contribution < 1.29 is 28.7 Å². The van der Waals surface area contributed by atoms with Crippen LogP contribution in [-0.4, -0.2) is 78.9 Å². The van der Waals surface area contributed by atoms with Crippen molar-refractivity contribution in [2.24, 2.45) is 0 Å². The van der Waals surface area contributed by atoms with Crippen LogP contribution in [0.3, 0.4) is 0 Å². The van der Waals surface area contributed by atoms with Crippen molar-refractivity contribution in [3.63, 3.8) is 0 Å². The van der Waals surface area contributed by atoms with E-state index in [0.29, 0.717) is 15.8 Å². The van der Waals surface area contributed by atoms with Crippen LogP contribution in [0, 0.1) is 0 Å². The Morgan fingerprint density at radius 3 is 2.35 bits per heavy atom. The number of likely N-dealkylation sites (N-methyl/N-ethyl adjacent to an activating group) is 1. The first-order valence-corrected chi connectivity index (χ1v) is 11.9. The number of halogens is 2. The van der Waals surface area contributed by atoms with Gasteiger partial charge in [-0.1, -0.05) is 42.5 Å². The van der Waals surface area contributed by atoms with Gasteiger partial charge in [-0.3, -0.25) is 0 Å². The lowest BCUT2D eigenvalue weighted by Crippen LogP contribution is -2.56. The quantitative estimate of drug-likeness (QED) is 0.511. The lowest BCUT2D eigenvalue weighted by Gasteiger charge is -2.39. The van der Waals surface area contributed by atoms with Crippen LogP contribution in [0.5, 0.6) is 5.75 Å². The van der Waals surface area contributed by atoms with Crippen LogP contribution >= 0.6 is 23.2 Å². The Hall–Kier alpha value is -2.49. The molecule has 0 saturated heterocycles. The van der Waals surface area contributed by atoms with E-state index in [4.69, 9.17) is 37.5 Å². The van der Waals surface area contributed by atoms with E-state index in [1.54, 1.807) is 42.1 Å². The molecule has 186 valence electrons. The van der Waals surface area contributed by atoms with Crippen LogP contribution in [0.15, 0.2) is 30.4 Å². The van der Waals surface area contributed by atoms with Gasteiger partial charge in [0, 0.05) is 28.2 Å². The van der Waals surface area contributed by atoms with Crippen LogP contribution in [-0.2, 0) is 19.2 Å². The maximum atomic E-state index is 13.7. The zero-order chi connectivity index (χ0) is 24.7. The van der Waals surface area contributed by atoms with Gasteiger partial charge in [0.15, 0.2) is 0 Å². The number of carbonyl (C=O) groups excluding carboxylic acids is 3. The van der Waals surface area contributed by atoms with Gasteiger partial charge in [0.05, 0.1) is 13.1 Å². The molecule has 0 bridgehead atoms. The highest BCUT2D eigenvalue weighted by Crippen LogP contribution is 2.26. The summed E-state index contributed by atoms with van der Waals surface area (Å²) in [4.78, 5) is 46.6. The van der Waals surface area contributed by atoms with Crippen LogP contribution in [0.1, 0.15) is 32.1 Å². The molecule has 1 fully saturated rings. The Kier molecular flexibility index (Phi) is 9.44. The Bertz CT molecular complexity index is 900. The van der Waals surface area contributed by atoms with E-state index in [0.717, 1.165) is 49.3 Å².